The molecule has 0 saturated carbocycles. The van der Waals surface area contributed by atoms with E-state index in [1.54, 1.807) is 17.0 Å². The van der Waals surface area contributed by atoms with Crippen molar-refractivity contribution in [2.75, 3.05) is 18.1 Å². The van der Waals surface area contributed by atoms with E-state index in [1.807, 2.05) is 30.3 Å². The van der Waals surface area contributed by atoms with E-state index in [9.17, 15) is 13.2 Å². The molecule has 1 aromatic heterocycles. The SMILES string of the molecule is O=C(Cc1ccco1)N1CCCS(=O)(=O)CC1c1ccccc1. The molecule has 1 aliphatic heterocycles. The maximum Gasteiger partial charge on any atom is 0.230 e. The summed E-state index contributed by atoms with van der Waals surface area (Å²) < 4.78 is 29.6. The summed E-state index contributed by atoms with van der Waals surface area (Å²) in [6.45, 7) is 0.443. The van der Waals surface area contributed by atoms with Gasteiger partial charge < -0.3 is 9.32 Å². The molecular weight excluding hydrogens is 314 g/mol. The molecule has 23 heavy (non-hydrogen) atoms. The van der Waals surface area contributed by atoms with Crippen molar-refractivity contribution in [3.05, 3.63) is 60.1 Å². The van der Waals surface area contributed by atoms with Gasteiger partial charge in [-0.25, -0.2) is 8.42 Å². The van der Waals surface area contributed by atoms with Gasteiger partial charge in [-0.05, 0) is 24.1 Å². The van der Waals surface area contributed by atoms with Crippen molar-refractivity contribution in [3.63, 3.8) is 0 Å². The first-order valence-electron chi connectivity index (χ1n) is 7.62. The van der Waals surface area contributed by atoms with Crippen LogP contribution in [0.3, 0.4) is 0 Å². The highest BCUT2D eigenvalue weighted by Crippen LogP contribution is 2.27. The van der Waals surface area contributed by atoms with Crippen molar-refractivity contribution >= 4 is 15.7 Å². The zero-order chi connectivity index (χ0) is 16.3. The average molecular weight is 333 g/mol. The van der Waals surface area contributed by atoms with Gasteiger partial charge >= 0.3 is 0 Å². The Kier molecular flexibility index (Phi) is 4.52. The summed E-state index contributed by atoms with van der Waals surface area (Å²) in [7, 11) is -3.16. The van der Waals surface area contributed by atoms with Crippen LogP contribution >= 0.6 is 0 Å². The lowest BCUT2D eigenvalue weighted by Gasteiger charge is -2.29. The topological polar surface area (TPSA) is 67.6 Å². The summed E-state index contributed by atoms with van der Waals surface area (Å²) in [6, 6.07) is 12.4. The summed E-state index contributed by atoms with van der Waals surface area (Å²) in [5, 5.41) is 0. The molecule has 2 aromatic rings. The van der Waals surface area contributed by atoms with E-state index in [1.165, 1.54) is 6.26 Å². The summed E-state index contributed by atoms with van der Waals surface area (Å²) in [5.41, 5.74) is 0.853. The second-order valence-corrected chi connectivity index (χ2v) is 7.97. The van der Waals surface area contributed by atoms with E-state index in [0.717, 1.165) is 5.56 Å². The van der Waals surface area contributed by atoms with Crippen LogP contribution in [0.1, 0.15) is 23.8 Å². The first kappa shape index (κ1) is 15.8. The number of hydrogen-bond acceptors (Lipinski definition) is 4. The minimum atomic E-state index is -3.16. The quantitative estimate of drug-likeness (QED) is 0.864. The average Bonchev–Trinajstić information content (AvgIpc) is 2.97. The van der Waals surface area contributed by atoms with Gasteiger partial charge in [0.2, 0.25) is 5.91 Å². The maximum atomic E-state index is 12.7. The number of sulfone groups is 1. The van der Waals surface area contributed by atoms with Crippen LogP contribution in [0.15, 0.2) is 53.1 Å². The van der Waals surface area contributed by atoms with Gasteiger partial charge in [0.25, 0.3) is 0 Å². The summed E-state index contributed by atoms with van der Waals surface area (Å²) >= 11 is 0. The standard InChI is InChI=1S/C17H19NO4S/c19-17(12-15-8-4-10-22-15)18-9-5-11-23(20,21)13-16(18)14-6-2-1-3-7-14/h1-4,6-8,10,16H,5,9,11-13H2. The van der Waals surface area contributed by atoms with Crippen LogP contribution < -0.4 is 0 Å². The van der Waals surface area contributed by atoms with E-state index < -0.39 is 15.9 Å². The third-order valence-electron chi connectivity index (χ3n) is 4.05. The van der Waals surface area contributed by atoms with E-state index in [-0.39, 0.29) is 23.8 Å². The molecule has 1 saturated heterocycles. The van der Waals surface area contributed by atoms with Crippen LogP contribution in [0.2, 0.25) is 0 Å². The normalized spacial score (nSPS) is 20.9. The van der Waals surface area contributed by atoms with Crippen molar-refractivity contribution in [2.45, 2.75) is 18.9 Å². The Morgan fingerprint density at radius 3 is 2.65 bits per heavy atom. The summed E-state index contributed by atoms with van der Waals surface area (Å²) in [6.07, 6.45) is 2.15. The van der Waals surface area contributed by atoms with Gasteiger partial charge in [0, 0.05) is 6.54 Å². The lowest BCUT2D eigenvalue weighted by Crippen LogP contribution is -2.37. The van der Waals surface area contributed by atoms with Crippen LogP contribution in [0, 0.1) is 0 Å². The number of benzene rings is 1. The molecular formula is C17H19NO4S. The van der Waals surface area contributed by atoms with Gasteiger partial charge in [-0.3, -0.25) is 4.79 Å². The van der Waals surface area contributed by atoms with E-state index in [2.05, 4.69) is 0 Å². The lowest BCUT2D eigenvalue weighted by atomic mass is 10.1. The monoisotopic (exact) mass is 333 g/mol. The highest BCUT2D eigenvalue weighted by atomic mass is 32.2. The molecule has 0 spiro atoms. The van der Waals surface area contributed by atoms with Gasteiger partial charge in [-0.2, -0.15) is 0 Å². The van der Waals surface area contributed by atoms with Crippen molar-refractivity contribution in [3.8, 4) is 0 Å². The van der Waals surface area contributed by atoms with Crippen LogP contribution in [-0.4, -0.2) is 37.3 Å². The van der Waals surface area contributed by atoms with Crippen molar-refractivity contribution < 1.29 is 17.6 Å². The number of furan rings is 1. The predicted octanol–water partition coefficient (Wildman–Crippen LogP) is 2.21. The first-order chi connectivity index (χ1) is 11.1. The number of nitrogens with zero attached hydrogens (tertiary/aromatic N) is 1. The molecule has 1 aliphatic rings. The Balaban J connectivity index is 1.89. The second kappa shape index (κ2) is 6.58. The molecule has 122 valence electrons. The van der Waals surface area contributed by atoms with Gasteiger partial charge in [-0.15, -0.1) is 0 Å². The minimum Gasteiger partial charge on any atom is -0.469 e. The zero-order valence-corrected chi connectivity index (χ0v) is 13.5. The number of carbonyl (C=O) groups is 1. The van der Waals surface area contributed by atoms with Crippen LogP contribution in [-0.2, 0) is 21.1 Å². The van der Waals surface area contributed by atoms with Gasteiger partial charge in [0.15, 0.2) is 9.84 Å². The second-order valence-electron chi connectivity index (χ2n) is 5.74. The smallest absolute Gasteiger partial charge is 0.230 e. The van der Waals surface area contributed by atoms with Crippen LogP contribution in [0.5, 0.6) is 0 Å². The van der Waals surface area contributed by atoms with Crippen molar-refractivity contribution in [1.29, 1.82) is 0 Å². The Hall–Kier alpha value is -2.08. The number of carbonyl (C=O) groups excluding carboxylic acids is 1. The largest absolute Gasteiger partial charge is 0.469 e. The lowest BCUT2D eigenvalue weighted by molar-refractivity contribution is -0.132. The molecule has 0 N–H and O–H groups in total. The Labute approximate surface area is 135 Å². The molecule has 0 aliphatic carbocycles. The molecule has 0 bridgehead atoms. The third kappa shape index (κ3) is 3.82. The Morgan fingerprint density at radius 2 is 1.96 bits per heavy atom. The fourth-order valence-electron chi connectivity index (χ4n) is 2.94. The van der Waals surface area contributed by atoms with Gasteiger partial charge in [-0.1, -0.05) is 30.3 Å². The minimum absolute atomic E-state index is 0.0269. The Morgan fingerprint density at radius 1 is 1.17 bits per heavy atom. The Bertz CT molecular complexity index is 753. The third-order valence-corrected chi connectivity index (χ3v) is 5.79. The van der Waals surface area contributed by atoms with Crippen molar-refractivity contribution in [1.82, 2.24) is 4.90 Å². The maximum absolute atomic E-state index is 12.7. The highest BCUT2D eigenvalue weighted by Gasteiger charge is 2.32. The molecule has 6 heteroatoms. The fraction of sp³-hybridized carbons (Fsp3) is 0.353. The summed E-state index contributed by atoms with van der Waals surface area (Å²) in [5.74, 6) is 0.585. The van der Waals surface area contributed by atoms with Crippen molar-refractivity contribution in [2.24, 2.45) is 0 Å². The molecule has 1 unspecified atom stereocenters. The number of rotatable bonds is 3. The molecule has 1 aromatic carbocycles. The predicted molar refractivity (Wildman–Crippen MR) is 86.6 cm³/mol. The molecule has 5 nitrogen and oxygen atoms in total. The first-order valence-corrected chi connectivity index (χ1v) is 9.44. The molecule has 3 rings (SSSR count). The number of amides is 1. The fourth-order valence-corrected chi connectivity index (χ4v) is 4.53. The molecule has 1 fully saturated rings. The van der Waals surface area contributed by atoms with E-state index in [4.69, 9.17) is 4.42 Å². The van der Waals surface area contributed by atoms with E-state index >= 15 is 0 Å². The molecule has 1 amide bonds. The van der Waals surface area contributed by atoms with E-state index in [0.29, 0.717) is 18.7 Å². The van der Waals surface area contributed by atoms with Crippen LogP contribution in [0.4, 0.5) is 0 Å². The highest BCUT2D eigenvalue weighted by molar-refractivity contribution is 7.91. The summed E-state index contributed by atoms with van der Waals surface area (Å²) in [4.78, 5) is 14.4. The molecule has 2 heterocycles. The molecule has 1 atom stereocenters. The number of hydrogen-bond donors (Lipinski definition) is 0. The zero-order valence-electron chi connectivity index (χ0n) is 12.7. The van der Waals surface area contributed by atoms with Gasteiger partial charge in [0.05, 0.1) is 30.2 Å². The molecule has 0 radical (unpaired) electrons. The van der Waals surface area contributed by atoms with Gasteiger partial charge in [0.1, 0.15) is 5.76 Å². The van der Waals surface area contributed by atoms with Crippen LogP contribution in [0.25, 0.3) is 0 Å².